The van der Waals surface area contributed by atoms with E-state index < -0.39 is 5.97 Å². The second-order valence-electron chi connectivity index (χ2n) is 8.64. The van der Waals surface area contributed by atoms with Crippen molar-refractivity contribution >= 4 is 11.5 Å². The summed E-state index contributed by atoms with van der Waals surface area (Å²) in [5.74, 6) is 0.870. The summed E-state index contributed by atoms with van der Waals surface area (Å²) < 4.78 is 6.36. The van der Waals surface area contributed by atoms with E-state index in [9.17, 15) is 4.79 Å². The van der Waals surface area contributed by atoms with E-state index in [1.54, 1.807) is 6.92 Å². The minimum Gasteiger partial charge on any atom is -0.493 e. The standard InChI is InChI=1S/C27H40O3/c1-8-9-10-11-15-30-27-24(20(4)5)17-23(19(2)3)18-25(27)22(7)14-12-13-21(6)16-26(28)29/h12-14,16-20H,8-11,15H2,1-7H3,(H,28,29)/b13-12+,21-16-,22-14-. The Morgan fingerprint density at radius 2 is 1.77 bits per heavy atom. The van der Waals surface area contributed by atoms with Gasteiger partial charge in [0.1, 0.15) is 5.75 Å². The Balaban J connectivity index is 3.31. The van der Waals surface area contributed by atoms with Gasteiger partial charge in [-0.1, -0.05) is 78.2 Å². The van der Waals surface area contributed by atoms with Crippen molar-refractivity contribution in [2.75, 3.05) is 6.61 Å². The third-order valence-corrected chi connectivity index (χ3v) is 5.15. The molecule has 0 aliphatic carbocycles. The summed E-state index contributed by atoms with van der Waals surface area (Å²) in [6.45, 7) is 15.7. The molecule has 0 heterocycles. The number of ether oxygens (including phenoxy) is 1. The van der Waals surface area contributed by atoms with Crippen LogP contribution >= 0.6 is 0 Å². The Labute approximate surface area is 183 Å². The molecule has 1 aromatic carbocycles. The fourth-order valence-electron chi connectivity index (χ4n) is 3.27. The van der Waals surface area contributed by atoms with Crippen molar-refractivity contribution in [1.29, 1.82) is 0 Å². The maximum Gasteiger partial charge on any atom is 0.328 e. The maximum absolute atomic E-state index is 10.8. The van der Waals surface area contributed by atoms with Crippen LogP contribution in [0.3, 0.4) is 0 Å². The monoisotopic (exact) mass is 412 g/mol. The van der Waals surface area contributed by atoms with Gasteiger partial charge in [-0.3, -0.25) is 0 Å². The number of rotatable bonds is 12. The molecule has 0 amide bonds. The van der Waals surface area contributed by atoms with Gasteiger partial charge < -0.3 is 9.84 Å². The van der Waals surface area contributed by atoms with Crippen molar-refractivity contribution in [1.82, 2.24) is 0 Å². The number of hydrogen-bond donors (Lipinski definition) is 1. The van der Waals surface area contributed by atoms with Crippen LogP contribution in [0.15, 0.2) is 42.0 Å². The van der Waals surface area contributed by atoms with Crippen LogP contribution in [0, 0.1) is 0 Å². The molecule has 0 spiro atoms. The van der Waals surface area contributed by atoms with E-state index in [0.717, 1.165) is 29.9 Å². The van der Waals surface area contributed by atoms with Crippen LogP contribution in [0.5, 0.6) is 5.75 Å². The molecule has 0 aliphatic heterocycles. The Kier molecular flexibility index (Phi) is 11.2. The number of carboxylic acids is 1. The van der Waals surface area contributed by atoms with Gasteiger partial charge in [0.05, 0.1) is 6.61 Å². The SMILES string of the molecule is CCCCCCOc1c(\C(C)=C/C=C/C(C)=C\C(=O)O)cc(C(C)C)cc1C(C)C. The van der Waals surface area contributed by atoms with Gasteiger partial charge in [0.2, 0.25) is 0 Å². The van der Waals surface area contributed by atoms with Crippen LogP contribution < -0.4 is 4.74 Å². The molecule has 0 radical (unpaired) electrons. The Morgan fingerprint density at radius 3 is 2.33 bits per heavy atom. The highest BCUT2D eigenvalue weighted by Crippen LogP contribution is 2.37. The van der Waals surface area contributed by atoms with E-state index in [4.69, 9.17) is 9.84 Å². The van der Waals surface area contributed by atoms with E-state index in [1.807, 2.05) is 18.2 Å². The number of carbonyl (C=O) groups is 1. The predicted octanol–water partition coefficient (Wildman–Crippen LogP) is 7.88. The van der Waals surface area contributed by atoms with Crippen LogP contribution in [0.2, 0.25) is 0 Å². The molecule has 0 unspecified atom stereocenters. The van der Waals surface area contributed by atoms with Crippen molar-refractivity contribution < 1.29 is 14.6 Å². The first kappa shape index (κ1) is 25.7. The lowest BCUT2D eigenvalue weighted by atomic mass is 9.89. The van der Waals surface area contributed by atoms with Crippen molar-refractivity contribution in [2.24, 2.45) is 0 Å². The van der Waals surface area contributed by atoms with Crippen molar-refractivity contribution in [3.8, 4) is 5.75 Å². The molecule has 0 saturated carbocycles. The van der Waals surface area contributed by atoms with E-state index in [0.29, 0.717) is 17.4 Å². The first-order valence-electron chi connectivity index (χ1n) is 11.2. The summed E-state index contributed by atoms with van der Waals surface area (Å²) in [6.07, 6.45) is 11.7. The summed E-state index contributed by atoms with van der Waals surface area (Å²) in [5, 5.41) is 8.87. The number of hydrogen-bond acceptors (Lipinski definition) is 2. The first-order valence-corrected chi connectivity index (χ1v) is 11.2. The highest BCUT2D eigenvalue weighted by atomic mass is 16.5. The van der Waals surface area contributed by atoms with Gasteiger partial charge in [0.25, 0.3) is 0 Å². The number of allylic oxidation sites excluding steroid dienone is 5. The molecule has 30 heavy (non-hydrogen) atoms. The zero-order valence-corrected chi connectivity index (χ0v) is 19.9. The largest absolute Gasteiger partial charge is 0.493 e. The van der Waals surface area contributed by atoms with Crippen LogP contribution in [-0.2, 0) is 4.79 Å². The van der Waals surface area contributed by atoms with Gasteiger partial charge in [0.15, 0.2) is 0 Å². The molecule has 166 valence electrons. The highest BCUT2D eigenvalue weighted by molar-refractivity contribution is 5.81. The van der Waals surface area contributed by atoms with Crippen molar-refractivity contribution in [3.05, 3.63) is 58.7 Å². The zero-order valence-electron chi connectivity index (χ0n) is 19.9. The van der Waals surface area contributed by atoms with E-state index in [1.165, 1.54) is 36.5 Å². The average molecular weight is 413 g/mol. The third kappa shape index (κ3) is 8.61. The number of unbranched alkanes of at least 4 members (excludes halogenated alkanes) is 3. The molecular weight excluding hydrogens is 372 g/mol. The molecule has 1 N–H and O–H groups in total. The lowest BCUT2D eigenvalue weighted by Crippen LogP contribution is -2.06. The molecule has 1 rings (SSSR count). The molecule has 1 aromatic rings. The molecule has 0 atom stereocenters. The fraction of sp³-hybridized carbons (Fsp3) is 0.519. The highest BCUT2D eigenvalue weighted by Gasteiger charge is 2.17. The molecule has 3 heteroatoms. The lowest BCUT2D eigenvalue weighted by Gasteiger charge is -2.21. The summed E-state index contributed by atoms with van der Waals surface area (Å²) >= 11 is 0. The fourth-order valence-corrected chi connectivity index (χ4v) is 3.27. The second-order valence-corrected chi connectivity index (χ2v) is 8.64. The Morgan fingerprint density at radius 1 is 1.07 bits per heavy atom. The number of aliphatic carboxylic acids is 1. The van der Waals surface area contributed by atoms with Gasteiger partial charge in [-0.05, 0) is 60.4 Å². The van der Waals surface area contributed by atoms with Crippen LogP contribution in [-0.4, -0.2) is 17.7 Å². The van der Waals surface area contributed by atoms with Gasteiger partial charge in [0, 0.05) is 11.6 Å². The molecule has 0 aliphatic rings. The van der Waals surface area contributed by atoms with E-state index >= 15 is 0 Å². The minimum atomic E-state index is -0.928. The first-order chi connectivity index (χ1) is 14.2. The van der Waals surface area contributed by atoms with Gasteiger partial charge in [-0.15, -0.1) is 0 Å². The Bertz CT molecular complexity index is 780. The van der Waals surface area contributed by atoms with Gasteiger partial charge >= 0.3 is 5.97 Å². The molecule has 0 fully saturated rings. The van der Waals surface area contributed by atoms with Crippen LogP contribution in [0.1, 0.15) is 103 Å². The maximum atomic E-state index is 10.8. The third-order valence-electron chi connectivity index (χ3n) is 5.15. The van der Waals surface area contributed by atoms with Crippen LogP contribution in [0.4, 0.5) is 0 Å². The summed E-state index contributed by atoms with van der Waals surface area (Å²) in [6, 6.07) is 4.54. The molecule has 0 aromatic heterocycles. The topological polar surface area (TPSA) is 46.5 Å². The number of carboxylic acid groups (broad SMARTS) is 1. The van der Waals surface area contributed by atoms with Gasteiger partial charge in [-0.2, -0.15) is 0 Å². The van der Waals surface area contributed by atoms with E-state index in [-0.39, 0.29) is 0 Å². The average Bonchev–Trinajstić information content (AvgIpc) is 2.66. The zero-order chi connectivity index (χ0) is 22.7. The summed E-state index contributed by atoms with van der Waals surface area (Å²) in [7, 11) is 0. The smallest absolute Gasteiger partial charge is 0.328 e. The molecular formula is C27H40O3. The number of benzene rings is 1. The summed E-state index contributed by atoms with van der Waals surface area (Å²) in [4.78, 5) is 10.8. The van der Waals surface area contributed by atoms with Gasteiger partial charge in [-0.25, -0.2) is 4.79 Å². The molecule has 0 saturated heterocycles. The lowest BCUT2D eigenvalue weighted by molar-refractivity contribution is -0.131. The summed E-state index contributed by atoms with van der Waals surface area (Å²) in [5.41, 5.74) is 5.51. The quantitative estimate of drug-likeness (QED) is 0.216. The van der Waals surface area contributed by atoms with Crippen LogP contribution in [0.25, 0.3) is 5.57 Å². The predicted molar refractivity (Wildman–Crippen MR) is 128 cm³/mol. The van der Waals surface area contributed by atoms with E-state index in [2.05, 4.69) is 53.7 Å². The second kappa shape index (κ2) is 13.1. The van der Waals surface area contributed by atoms with Crippen molar-refractivity contribution in [2.45, 2.75) is 86.0 Å². The van der Waals surface area contributed by atoms with Crippen molar-refractivity contribution in [3.63, 3.8) is 0 Å². The minimum absolute atomic E-state index is 0.372. The molecule has 0 bridgehead atoms. The Hall–Kier alpha value is -2.29. The molecule has 3 nitrogen and oxygen atoms in total. The normalized spacial score (nSPS) is 13.0.